The molecule has 0 aliphatic heterocycles. The third-order valence-electron chi connectivity index (χ3n) is 0.544. The van der Waals surface area contributed by atoms with Gasteiger partial charge in [0.2, 0.25) is 0 Å². The largest absolute Gasteiger partial charge is 0.412 e. The summed E-state index contributed by atoms with van der Waals surface area (Å²) < 4.78 is 0. The molecule has 0 spiro atoms. The van der Waals surface area contributed by atoms with Crippen molar-refractivity contribution in [2.24, 2.45) is 0 Å². The fourth-order valence-electron chi connectivity index (χ4n) is 0.230. The number of halogens is 1. The van der Waals surface area contributed by atoms with Gasteiger partial charge in [-0.3, -0.25) is 0 Å². The van der Waals surface area contributed by atoms with Gasteiger partial charge in [0, 0.05) is 0 Å². The first-order chi connectivity index (χ1) is 2.91. The zero-order chi connectivity index (χ0) is 4.83. The van der Waals surface area contributed by atoms with Gasteiger partial charge in [0.1, 0.15) is 0 Å². The van der Waals surface area contributed by atoms with Crippen LogP contribution in [0.15, 0.2) is 11.1 Å². The number of allylic oxidation sites excluding steroid dienone is 1. The molecular formula is C5H11BrO. The molecule has 0 amide bonds. The van der Waals surface area contributed by atoms with Gasteiger partial charge >= 0.3 is 0 Å². The zero-order valence-corrected chi connectivity index (χ0v) is 6.03. The van der Waals surface area contributed by atoms with Gasteiger partial charge in [0.05, 0.1) is 0 Å². The highest BCUT2D eigenvalue weighted by Gasteiger charge is 1.65. The van der Waals surface area contributed by atoms with E-state index in [9.17, 15) is 0 Å². The van der Waals surface area contributed by atoms with E-state index in [2.05, 4.69) is 28.9 Å². The summed E-state index contributed by atoms with van der Waals surface area (Å²) in [6, 6.07) is 0. The van der Waals surface area contributed by atoms with Crippen molar-refractivity contribution < 1.29 is 5.48 Å². The molecule has 7 heavy (non-hydrogen) atoms. The normalized spacial score (nSPS) is 8.86. The lowest BCUT2D eigenvalue weighted by Gasteiger charge is -1.75. The summed E-state index contributed by atoms with van der Waals surface area (Å²) in [5.74, 6) is 0. The highest BCUT2D eigenvalue weighted by Crippen LogP contribution is 1.90. The van der Waals surface area contributed by atoms with Crippen molar-refractivity contribution in [3.8, 4) is 0 Å². The maximum atomic E-state index is 3.17. The average Bonchev–Trinajstić information content (AvgIpc) is 1.61. The first kappa shape index (κ1) is 10.2. The monoisotopic (exact) mass is 166 g/mol. The van der Waals surface area contributed by atoms with Crippen molar-refractivity contribution >= 4 is 15.9 Å². The SMILES string of the molecule is CCCC=CBr.O. The van der Waals surface area contributed by atoms with E-state index in [1.807, 2.05) is 4.99 Å². The van der Waals surface area contributed by atoms with Crippen LogP contribution in [0.4, 0.5) is 0 Å². The number of hydrogen-bond donors (Lipinski definition) is 0. The highest BCUT2D eigenvalue weighted by molar-refractivity contribution is 9.11. The van der Waals surface area contributed by atoms with Crippen molar-refractivity contribution in [3.63, 3.8) is 0 Å². The molecule has 2 heteroatoms. The Morgan fingerprint density at radius 1 is 1.57 bits per heavy atom. The molecule has 0 saturated heterocycles. The second kappa shape index (κ2) is 9.49. The van der Waals surface area contributed by atoms with Crippen LogP contribution < -0.4 is 0 Å². The fraction of sp³-hybridized carbons (Fsp3) is 0.600. The van der Waals surface area contributed by atoms with E-state index >= 15 is 0 Å². The molecule has 0 aliphatic rings. The van der Waals surface area contributed by atoms with Gasteiger partial charge < -0.3 is 5.48 Å². The minimum atomic E-state index is 0. The summed E-state index contributed by atoms with van der Waals surface area (Å²) in [4.78, 5) is 1.90. The van der Waals surface area contributed by atoms with E-state index in [4.69, 9.17) is 0 Å². The highest BCUT2D eigenvalue weighted by atomic mass is 79.9. The fourth-order valence-corrected chi connectivity index (χ4v) is 0.494. The van der Waals surface area contributed by atoms with Crippen LogP contribution in [0.2, 0.25) is 0 Å². The average molecular weight is 167 g/mol. The van der Waals surface area contributed by atoms with E-state index in [1.54, 1.807) is 0 Å². The van der Waals surface area contributed by atoms with Crippen molar-refractivity contribution in [2.75, 3.05) is 0 Å². The molecule has 0 saturated carbocycles. The smallest absolute Gasteiger partial charge is 0.0229 e. The topological polar surface area (TPSA) is 31.5 Å². The number of unbranched alkanes of at least 4 members (excludes halogenated alkanes) is 1. The van der Waals surface area contributed by atoms with Crippen LogP contribution >= 0.6 is 15.9 Å². The van der Waals surface area contributed by atoms with Crippen molar-refractivity contribution in [3.05, 3.63) is 11.1 Å². The third-order valence-corrected chi connectivity index (χ3v) is 0.918. The zero-order valence-electron chi connectivity index (χ0n) is 4.45. The van der Waals surface area contributed by atoms with E-state index in [1.165, 1.54) is 12.8 Å². The predicted molar refractivity (Wildman–Crippen MR) is 36.6 cm³/mol. The van der Waals surface area contributed by atoms with Gasteiger partial charge in [-0.25, -0.2) is 0 Å². The maximum Gasteiger partial charge on any atom is -0.0229 e. The summed E-state index contributed by atoms with van der Waals surface area (Å²) in [7, 11) is 0. The molecular weight excluding hydrogens is 156 g/mol. The van der Waals surface area contributed by atoms with Crippen molar-refractivity contribution in [1.82, 2.24) is 0 Å². The van der Waals surface area contributed by atoms with Gasteiger partial charge in [-0.1, -0.05) is 35.4 Å². The number of rotatable bonds is 2. The second-order valence-corrected chi connectivity index (χ2v) is 1.68. The van der Waals surface area contributed by atoms with Gasteiger partial charge in [0.25, 0.3) is 0 Å². The molecule has 0 atom stereocenters. The molecule has 0 fully saturated rings. The lowest BCUT2D eigenvalue weighted by molar-refractivity contribution is 0.824. The molecule has 0 aromatic carbocycles. The molecule has 44 valence electrons. The first-order valence-corrected chi connectivity index (χ1v) is 3.08. The quantitative estimate of drug-likeness (QED) is 0.601. The van der Waals surface area contributed by atoms with E-state index in [0.29, 0.717) is 0 Å². The molecule has 0 heterocycles. The molecule has 0 aromatic rings. The molecule has 0 rings (SSSR count). The Balaban J connectivity index is 0. The summed E-state index contributed by atoms with van der Waals surface area (Å²) in [6.45, 7) is 2.16. The van der Waals surface area contributed by atoms with Gasteiger partial charge in [-0.15, -0.1) is 0 Å². The Morgan fingerprint density at radius 2 is 2.14 bits per heavy atom. The van der Waals surface area contributed by atoms with Crippen LogP contribution in [0.3, 0.4) is 0 Å². The first-order valence-electron chi connectivity index (χ1n) is 2.17. The lowest BCUT2D eigenvalue weighted by atomic mass is 10.3. The van der Waals surface area contributed by atoms with Crippen LogP contribution in [0.25, 0.3) is 0 Å². The Kier molecular flexibility index (Phi) is 13.9. The molecule has 0 unspecified atom stereocenters. The van der Waals surface area contributed by atoms with Crippen LogP contribution in [0, 0.1) is 0 Å². The predicted octanol–water partition coefficient (Wildman–Crippen LogP) is 1.87. The minimum absolute atomic E-state index is 0. The minimum Gasteiger partial charge on any atom is -0.412 e. The van der Waals surface area contributed by atoms with Gasteiger partial charge in [0.15, 0.2) is 0 Å². The van der Waals surface area contributed by atoms with E-state index < -0.39 is 0 Å². The molecule has 2 N–H and O–H groups in total. The summed E-state index contributed by atoms with van der Waals surface area (Å²) in [5.41, 5.74) is 0. The van der Waals surface area contributed by atoms with E-state index in [-0.39, 0.29) is 5.48 Å². The summed E-state index contributed by atoms with van der Waals surface area (Å²) in [6.07, 6.45) is 4.52. The molecule has 0 aliphatic carbocycles. The third kappa shape index (κ3) is 10.7. The van der Waals surface area contributed by atoms with Crippen LogP contribution in [-0.2, 0) is 0 Å². The van der Waals surface area contributed by atoms with Crippen LogP contribution in [0.5, 0.6) is 0 Å². The maximum absolute atomic E-state index is 3.17. The van der Waals surface area contributed by atoms with Crippen LogP contribution in [0.1, 0.15) is 19.8 Å². The Labute approximate surface area is 52.9 Å². The lowest BCUT2D eigenvalue weighted by Crippen LogP contribution is -1.54. The van der Waals surface area contributed by atoms with Crippen LogP contribution in [-0.4, -0.2) is 5.48 Å². The Morgan fingerprint density at radius 3 is 2.29 bits per heavy atom. The van der Waals surface area contributed by atoms with Crippen molar-refractivity contribution in [2.45, 2.75) is 19.8 Å². The Bertz CT molecular complexity index is 43.3. The number of hydrogen-bond acceptors (Lipinski definition) is 0. The summed E-state index contributed by atoms with van der Waals surface area (Å²) >= 11 is 3.17. The molecule has 0 radical (unpaired) electrons. The molecule has 0 aromatic heterocycles. The van der Waals surface area contributed by atoms with Crippen molar-refractivity contribution in [1.29, 1.82) is 0 Å². The van der Waals surface area contributed by atoms with Gasteiger partial charge in [-0.2, -0.15) is 0 Å². The standard InChI is InChI=1S/C5H9Br.H2O/c1-2-3-4-5-6;/h4-5H,2-3H2,1H3;1H2. The van der Waals surface area contributed by atoms with Gasteiger partial charge in [-0.05, 0) is 11.4 Å². The van der Waals surface area contributed by atoms with E-state index in [0.717, 1.165) is 0 Å². The second-order valence-electron chi connectivity index (χ2n) is 1.15. The molecule has 0 bridgehead atoms. The Hall–Kier alpha value is 0.180. The molecule has 1 nitrogen and oxygen atoms in total. The summed E-state index contributed by atoms with van der Waals surface area (Å²) in [5, 5.41) is 0.